The quantitative estimate of drug-likeness (QED) is 0.613. The highest BCUT2D eigenvalue weighted by molar-refractivity contribution is 5.71. The molecule has 0 N–H and O–H groups in total. The van der Waals surface area contributed by atoms with E-state index in [-0.39, 0.29) is 5.97 Å². The van der Waals surface area contributed by atoms with Crippen molar-refractivity contribution >= 4 is 5.97 Å². The second-order valence-corrected chi connectivity index (χ2v) is 4.40. The van der Waals surface area contributed by atoms with Crippen molar-refractivity contribution < 1.29 is 14.3 Å². The van der Waals surface area contributed by atoms with Gasteiger partial charge in [0.25, 0.3) is 0 Å². The Balaban J connectivity index is 1.76. The van der Waals surface area contributed by atoms with Crippen LogP contribution in [-0.4, -0.2) is 74.9 Å². The highest BCUT2D eigenvalue weighted by Crippen LogP contribution is 2.16. The van der Waals surface area contributed by atoms with Crippen molar-refractivity contribution in [1.82, 2.24) is 9.80 Å². The zero-order valence-corrected chi connectivity index (χ0v) is 9.85. The lowest BCUT2D eigenvalue weighted by Crippen LogP contribution is -2.45. The van der Waals surface area contributed by atoms with Gasteiger partial charge < -0.3 is 9.47 Å². The van der Waals surface area contributed by atoms with E-state index in [1.54, 1.807) is 0 Å². The van der Waals surface area contributed by atoms with Gasteiger partial charge in [-0.25, -0.2) is 0 Å². The molecule has 1 unspecified atom stereocenters. The maximum Gasteiger partial charge on any atom is 0.319 e. The molecule has 5 heteroatoms. The molecule has 2 fully saturated rings. The van der Waals surface area contributed by atoms with E-state index in [0.29, 0.717) is 12.6 Å². The Kier molecular flexibility index (Phi) is 4.15. The maximum atomic E-state index is 11.2. The molecule has 0 amide bonds. The summed E-state index contributed by atoms with van der Waals surface area (Å²) in [7, 11) is 1.44. The van der Waals surface area contributed by atoms with Crippen LogP contribution in [0.4, 0.5) is 0 Å². The largest absolute Gasteiger partial charge is 0.468 e. The van der Waals surface area contributed by atoms with Crippen molar-refractivity contribution in [2.24, 2.45) is 0 Å². The Morgan fingerprint density at radius 2 is 2.12 bits per heavy atom. The molecule has 0 radical (unpaired) electrons. The minimum absolute atomic E-state index is 0.136. The number of hydrogen-bond donors (Lipinski definition) is 0. The molecule has 2 rings (SSSR count). The molecule has 92 valence electrons. The Morgan fingerprint density at radius 1 is 1.38 bits per heavy atom. The number of esters is 1. The van der Waals surface area contributed by atoms with Crippen molar-refractivity contribution in [2.75, 3.05) is 53.0 Å². The van der Waals surface area contributed by atoms with Gasteiger partial charge in [0, 0.05) is 32.2 Å². The van der Waals surface area contributed by atoms with Gasteiger partial charge in [-0.1, -0.05) is 0 Å². The van der Waals surface area contributed by atoms with Gasteiger partial charge in [0.15, 0.2) is 0 Å². The molecule has 0 aromatic rings. The van der Waals surface area contributed by atoms with Crippen LogP contribution in [0.1, 0.15) is 6.42 Å². The fraction of sp³-hybridized carbons (Fsp3) is 0.909. The van der Waals surface area contributed by atoms with Gasteiger partial charge in [0.2, 0.25) is 0 Å². The minimum atomic E-state index is -0.136. The highest BCUT2D eigenvalue weighted by Gasteiger charge is 2.29. The number of likely N-dealkylation sites (tertiary alicyclic amines) is 1. The zero-order valence-electron chi connectivity index (χ0n) is 9.85. The molecule has 0 saturated carbocycles. The third kappa shape index (κ3) is 2.93. The van der Waals surface area contributed by atoms with Gasteiger partial charge in [0.05, 0.1) is 26.9 Å². The van der Waals surface area contributed by atoms with E-state index in [1.165, 1.54) is 7.11 Å². The molecule has 0 aromatic heterocycles. The fourth-order valence-electron chi connectivity index (χ4n) is 2.44. The van der Waals surface area contributed by atoms with Gasteiger partial charge in [-0.15, -0.1) is 0 Å². The molecule has 0 aliphatic carbocycles. The molecule has 2 saturated heterocycles. The maximum absolute atomic E-state index is 11.2. The number of carbonyl (C=O) groups excluding carboxylic acids is 1. The first-order chi connectivity index (χ1) is 7.79. The Labute approximate surface area is 96.3 Å². The summed E-state index contributed by atoms with van der Waals surface area (Å²) in [5.74, 6) is -0.136. The molecule has 5 nitrogen and oxygen atoms in total. The summed E-state index contributed by atoms with van der Waals surface area (Å²) in [5, 5.41) is 0. The van der Waals surface area contributed by atoms with E-state index >= 15 is 0 Å². The van der Waals surface area contributed by atoms with Crippen LogP contribution in [0.15, 0.2) is 0 Å². The number of nitrogens with zero attached hydrogens (tertiary/aromatic N) is 2. The summed E-state index contributed by atoms with van der Waals surface area (Å²) >= 11 is 0. The van der Waals surface area contributed by atoms with Crippen LogP contribution in [0.3, 0.4) is 0 Å². The van der Waals surface area contributed by atoms with E-state index in [2.05, 4.69) is 14.5 Å². The minimum Gasteiger partial charge on any atom is -0.468 e. The van der Waals surface area contributed by atoms with Crippen LogP contribution < -0.4 is 0 Å². The van der Waals surface area contributed by atoms with E-state index in [4.69, 9.17) is 4.74 Å². The summed E-state index contributed by atoms with van der Waals surface area (Å²) in [6.07, 6.45) is 1.15. The van der Waals surface area contributed by atoms with E-state index in [1.807, 2.05) is 0 Å². The predicted molar refractivity (Wildman–Crippen MR) is 59.3 cm³/mol. The SMILES string of the molecule is COC(=O)CN1CCC(N2CCOCC2)C1. The van der Waals surface area contributed by atoms with Gasteiger partial charge >= 0.3 is 5.97 Å². The zero-order chi connectivity index (χ0) is 11.4. The first kappa shape index (κ1) is 11.8. The number of morpholine rings is 1. The normalized spacial score (nSPS) is 28.2. The van der Waals surface area contributed by atoms with Crippen molar-refractivity contribution in [2.45, 2.75) is 12.5 Å². The Bertz CT molecular complexity index is 241. The van der Waals surface area contributed by atoms with Crippen LogP contribution in [0.2, 0.25) is 0 Å². The number of rotatable bonds is 3. The lowest BCUT2D eigenvalue weighted by Gasteiger charge is -2.32. The van der Waals surface area contributed by atoms with Gasteiger partial charge in [-0.05, 0) is 6.42 Å². The van der Waals surface area contributed by atoms with E-state index in [0.717, 1.165) is 45.8 Å². The summed E-state index contributed by atoms with van der Waals surface area (Å²) in [6.45, 7) is 6.14. The number of carbonyl (C=O) groups is 1. The van der Waals surface area contributed by atoms with Gasteiger partial charge in [0.1, 0.15) is 0 Å². The van der Waals surface area contributed by atoms with Crippen LogP contribution in [0.5, 0.6) is 0 Å². The number of hydrogen-bond acceptors (Lipinski definition) is 5. The summed E-state index contributed by atoms with van der Waals surface area (Å²) in [4.78, 5) is 15.8. The molecular formula is C11H20N2O3. The summed E-state index contributed by atoms with van der Waals surface area (Å²) in [5.41, 5.74) is 0. The summed E-state index contributed by atoms with van der Waals surface area (Å²) in [6, 6.07) is 0.591. The average Bonchev–Trinajstić information content (AvgIpc) is 2.78. The molecule has 2 aliphatic heterocycles. The second-order valence-electron chi connectivity index (χ2n) is 4.40. The third-order valence-electron chi connectivity index (χ3n) is 3.39. The first-order valence-electron chi connectivity index (χ1n) is 5.90. The monoisotopic (exact) mass is 228 g/mol. The van der Waals surface area contributed by atoms with E-state index < -0.39 is 0 Å². The summed E-state index contributed by atoms with van der Waals surface area (Å²) < 4.78 is 10.0. The molecule has 0 bridgehead atoms. The molecule has 0 aromatic carbocycles. The van der Waals surface area contributed by atoms with Gasteiger partial charge in [-0.2, -0.15) is 0 Å². The average molecular weight is 228 g/mol. The van der Waals surface area contributed by atoms with Crippen molar-refractivity contribution in [3.63, 3.8) is 0 Å². The molecule has 2 heterocycles. The van der Waals surface area contributed by atoms with E-state index in [9.17, 15) is 4.79 Å². The molecular weight excluding hydrogens is 208 g/mol. The molecule has 0 spiro atoms. The molecule has 2 aliphatic rings. The second kappa shape index (κ2) is 5.61. The van der Waals surface area contributed by atoms with Gasteiger partial charge in [-0.3, -0.25) is 14.6 Å². The van der Waals surface area contributed by atoms with Crippen molar-refractivity contribution in [3.05, 3.63) is 0 Å². The van der Waals surface area contributed by atoms with Crippen LogP contribution in [0.25, 0.3) is 0 Å². The van der Waals surface area contributed by atoms with Crippen LogP contribution in [-0.2, 0) is 14.3 Å². The fourth-order valence-corrected chi connectivity index (χ4v) is 2.44. The predicted octanol–water partition coefficient (Wildman–Crippen LogP) is -0.434. The topological polar surface area (TPSA) is 42.0 Å². The molecule has 16 heavy (non-hydrogen) atoms. The van der Waals surface area contributed by atoms with Crippen LogP contribution in [0, 0.1) is 0 Å². The highest BCUT2D eigenvalue weighted by atomic mass is 16.5. The van der Waals surface area contributed by atoms with Crippen molar-refractivity contribution in [1.29, 1.82) is 0 Å². The Hall–Kier alpha value is -0.650. The standard InChI is InChI=1S/C11H20N2O3/c1-15-11(14)9-12-3-2-10(8-12)13-4-6-16-7-5-13/h10H,2-9H2,1H3. The molecule has 1 atom stereocenters. The number of ether oxygens (including phenoxy) is 2. The first-order valence-corrected chi connectivity index (χ1v) is 5.90. The van der Waals surface area contributed by atoms with Crippen molar-refractivity contribution in [3.8, 4) is 0 Å². The number of methoxy groups -OCH3 is 1. The van der Waals surface area contributed by atoms with Crippen LogP contribution >= 0.6 is 0 Å². The third-order valence-corrected chi connectivity index (χ3v) is 3.39. The Morgan fingerprint density at radius 3 is 2.81 bits per heavy atom. The lowest BCUT2D eigenvalue weighted by atomic mass is 10.2. The lowest BCUT2D eigenvalue weighted by molar-refractivity contribution is -0.141. The smallest absolute Gasteiger partial charge is 0.319 e.